The van der Waals surface area contributed by atoms with Crippen molar-refractivity contribution in [1.29, 1.82) is 0 Å². The minimum atomic E-state index is -0.0816. The van der Waals surface area contributed by atoms with Crippen molar-refractivity contribution in [3.05, 3.63) is 6.42 Å². The highest BCUT2D eigenvalue weighted by molar-refractivity contribution is 6.10. The van der Waals surface area contributed by atoms with Crippen LogP contribution in [-0.4, -0.2) is 11.6 Å². The fourth-order valence-corrected chi connectivity index (χ4v) is 0.384. The molecule has 0 atom stereocenters. The molecule has 0 spiro atoms. The van der Waals surface area contributed by atoms with Gasteiger partial charge >= 0.3 is 0 Å². The van der Waals surface area contributed by atoms with Gasteiger partial charge in [0.2, 0.25) is 0 Å². The number of rotatable bonds is 4. The van der Waals surface area contributed by atoms with Crippen LogP contribution in [0.1, 0.15) is 26.7 Å². The molecule has 1 radical (unpaired) electrons. The average Bonchev–Trinajstić information content (AvgIpc) is 1.87. The van der Waals surface area contributed by atoms with Crippen molar-refractivity contribution in [1.82, 2.24) is 0 Å². The first kappa shape index (κ1) is 8.34. The Morgan fingerprint density at radius 3 is 1.67 bits per heavy atom. The quantitative estimate of drug-likeness (QED) is 0.531. The molecule has 0 fully saturated rings. The third-order valence-corrected chi connectivity index (χ3v) is 1.02. The van der Waals surface area contributed by atoms with E-state index in [1.54, 1.807) is 13.8 Å². The lowest BCUT2D eigenvalue weighted by Gasteiger charge is -1.90. The zero-order valence-corrected chi connectivity index (χ0v) is 5.81. The first-order valence-electron chi connectivity index (χ1n) is 3.11. The van der Waals surface area contributed by atoms with E-state index >= 15 is 0 Å². The van der Waals surface area contributed by atoms with Crippen LogP contribution in [0.3, 0.4) is 0 Å². The van der Waals surface area contributed by atoms with Crippen molar-refractivity contribution in [2.75, 3.05) is 0 Å². The van der Waals surface area contributed by atoms with E-state index in [4.69, 9.17) is 0 Å². The molecule has 0 aliphatic rings. The van der Waals surface area contributed by atoms with Crippen LogP contribution in [0.15, 0.2) is 0 Å². The first-order chi connectivity index (χ1) is 4.20. The highest BCUT2D eigenvalue weighted by atomic mass is 16.1. The Balaban J connectivity index is 3.47. The third-order valence-electron chi connectivity index (χ3n) is 1.02. The predicted molar refractivity (Wildman–Crippen MR) is 34.9 cm³/mol. The Bertz CT molecular complexity index is 102. The van der Waals surface area contributed by atoms with Gasteiger partial charge < -0.3 is 0 Å². The zero-order chi connectivity index (χ0) is 7.28. The number of hydrogen-bond donors (Lipinski definition) is 0. The Morgan fingerprint density at radius 1 is 1.11 bits per heavy atom. The molecular formula is C7H11O2. The van der Waals surface area contributed by atoms with Crippen LogP contribution in [0.25, 0.3) is 0 Å². The van der Waals surface area contributed by atoms with Crippen molar-refractivity contribution < 1.29 is 9.59 Å². The standard InChI is InChI=1S/C7H11O2/c1-3-6(8)5-7(9)4-2/h5H,3-4H2,1-2H3. The fourth-order valence-electron chi connectivity index (χ4n) is 0.384. The van der Waals surface area contributed by atoms with Crippen LogP contribution in [0.2, 0.25) is 0 Å². The molecule has 0 saturated carbocycles. The summed E-state index contributed by atoms with van der Waals surface area (Å²) in [6.07, 6.45) is 2.01. The minimum Gasteiger partial charge on any atom is -0.299 e. The fraction of sp³-hybridized carbons (Fsp3) is 0.571. The highest BCUT2D eigenvalue weighted by Gasteiger charge is 2.04. The smallest absolute Gasteiger partial charge is 0.144 e. The van der Waals surface area contributed by atoms with Gasteiger partial charge in [-0.2, -0.15) is 0 Å². The van der Waals surface area contributed by atoms with Gasteiger partial charge in [0, 0.05) is 12.8 Å². The second-order valence-electron chi connectivity index (χ2n) is 1.78. The van der Waals surface area contributed by atoms with Gasteiger partial charge in [0.1, 0.15) is 11.6 Å². The summed E-state index contributed by atoms with van der Waals surface area (Å²) in [5.74, 6) is -0.163. The van der Waals surface area contributed by atoms with Crippen molar-refractivity contribution >= 4 is 11.6 Å². The Hall–Kier alpha value is -0.660. The molecule has 0 aliphatic carbocycles. The predicted octanol–water partition coefficient (Wildman–Crippen LogP) is 1.15. The second-order valence-corrected chi connectivity index (χ2v) is 1.78. The number of Topliss-reactive ketones (excluding diaryl/α,β-unsaturated/α-hetero) is 2. The first-order valence-corrected chi connectivity index (χ1v) is 3.11. The normalized spacial score (nSPS) is 9.11. The Labute approximate surface area is 55.3 Å². The van der Waals surface area contributed by atoms with Crippen molar-refractivity contribution in [3.8, 4) is 0 Å². The summed E-state index contributed by atoms with van der Waals surface area (Å²) in [5.41, 5.74) is 0. The van der Waals surface area contributed by atoms with Gasteiger partial charge in [-0.1, -0.05) is 13.8 Å². The lowest BCUT2D eigenvalue weighted by Crippen LogP contribution is -2.05. The zero-order valence-electron chi connectivity index (χ0n) is 5.81. The molecule has 0 N–H and O–H groups in total. The summed E-state index contributed by atoms with van der Waals surface area (Å²) in [6, 6.07) is 0. The van der Waals surface area contributed by atoms with E-state index in [0.29, 0.717) is 12.8 Å². The summed E-state index contributed by atoms with van der Waals surface area (Å²) in [4.78, 5) is 21.0. The molecule has 0 aromatic heterocycles. The topological polar surface area (TPSA) is 34.1 Å². The molecule has 9 heavy (non-hydrogen) atoms. The maximum atomic E-state index is 10.5. The molecule has 0 amide bonds. The second kappa shape index (κ2) is 4.24. The van der Waals surface area contributed by atoms with Gasteiger partial charge in [-0.25, -0.2) is 0 Å². The van der Waals surface area contributed by atoms with E-state index in [-0.39, 0.29) is 11.6 Å². The molecule has 0 unspecified atom stereocenters. The summed E-state index contributed by atoms with van der Waals surface area (Å²) in [6.45, 7) is 3.48. The molecule has 0 heterocycles. The molecule has 2 nitrogen and oxygen atoms in total. The minimum absolute atomic E-state index is 0.0816. The lowest BCUT2D eigenvalue weighted by atomic mass is 10.1. The monoisotopic (exact) mass is 127 g/mol. The van der Waals surface area contributed by atoms with E-state index in [9.17, 15) is 9.59 Å². The van der Waals surface area contributed by atoms with Gasteiger partial charge in [0.25, 0.3) is 0 Å². The van der Waals surface area contributed by atoms with Crippen LogP contribution >= 0.6 is 0 Å². The SMILES string of the molecule is CCC(=O)[CH]C(=O)CC. The lowest BCUT2D eigenvalue weighted by molar-refractivity contribution is -0.121. The van der Waals surface area contributed by atoms with E-state index in [1.165, 1.54) is 6.42 Å². The number of ketones is 2. The molecule has 0 aliphatic heterocycles. The maximum absolute atomic E-state index is 10.5. The Kier molecular flexibility index (Phi) is 3.93. The van der Waals surface area contributed by atoms with Crippen LogP contribution in [0.5, 0.6) is 0 Å². The van der Waals surface area contributed by atoms with Gasteiger partial charge in [-0.05, 0) is 0 Å². The van der Waals surface area contributed by atoms with Crippen LogP contribution < -0.4 is 0 Å². The molecule has 0 rings (SSSR count). The molecule has 51 valence electrons. The van der Waals surface area contributed by atoms with E-state index in [2.05, 4.69) is 0 Å². The van der Waals surface area contributed by atoms with E-state index in [0.717, 1.165) is 0 Å². The molecular weight excluding hydrogens is 116 g/mol. The average molecular weight is 127 g/mol. The number of carbonyl (C=O) groups is 2. The van der Waals surface area contributed by atoms with Crippen LogP contribution in [0, 0.1) is 6.42 Å². The molecule has 0 saturated heterocycles. The summed E-state index contributed by atoms with van der Waals surface area (Å²) >= 11 is 0. The van der Waals surface area contributed by atoms with Crippen LogP contribution in [-0.2, 0) is 9.59 Å². The van der Waals surface area contributed by atoms with Gasteiger partial charge in [-0.15, -0.1) is 0 Å². The van der Waals surface area contributed by atoms with Gasteiger partial charge in [-0.3, -0.25) is 9.59 Å². The largest absolute Gasteiger partial charge is 0.299 e. The highest BCUT2D eigenvalue weighted by Crippen LogP contribution is 1.91. The van der Waals surface area contributed by atoms with Crippen molar-refractivity contribution in [2.24, 2.45) is 0 Å². The molecule has 0 bridgehead atoms. The van der Waals surface area contributed by atoms with E-state index in [1.807, 2.05) is 0 Å². The maximum Gasteiger partial charge on any atom is 0.144 e. The van der Waals surface area contributed by atoms with Crippen LogP contribution in [0.4, 0.5) is 0 Å². The third kappa shape index (κ3) is 3.88. The number of carbonyl (C=O) groups excluding carboxylic acids is 2. The summed E-state index contributed by atoms with van der Waals surface area (Å²) in [5, 5.41) is 0. The van der Waals surface area contributed by atoms with Gasteiger partial charge in [0.05, 0.1) is 6.42 Å². The molecule has 0 aromatic rings. The number of hydrogen-bond acceptors (Lipinski definition) is 2. The van der Waals surface area contributed by atoms with Gasteiger partial charge in [0.15, 0.2) is 0 Å². The summed E-state index contributed by atoms with van der Waals surface area (Å²) in [7, 11) is 0. The van der Waals surface area contributed by atoms with Crippen molar-refractivity contribution in [3.63, 3.8) is 0 Å². The Morgan fingerprint density at radius 2 is 1.44 bits per heavy atom. The molecule has 0 aromatic carbocycles. The van der Waals surface area contributed by atoms with Crippen molar-refractivity contribution in [2.45, 2.75) is 26.7 Å². The molecule has 2 heteroatoms. The van der Waals surface area contributed by atoms with E-state index < -0.39 is 0 Å². The summed E-state index contributed by atoms with van der Waals surface area (Å²) < 4.78 is 0.